The number of aromatic nitrogens is 1. The van der Waals surface area contributed by atoms with E-state index in [1.165, 1.54) is 8.96 Å². The summed E-state index contributed by atoms with van der Waals surface area (Å²) in [6.07, 6.45) is 3.69. The van der Waals surface area contributed by atoms with Crippen molar-refractivity contribution in [2.45, 2.75) is 6.04 Å². The molecule has 0 fully saturated rings. The molecule has 2 nitrogen and oxygen atoms in total. The van der Waals surface area contributed by atoms with E-state index in [2.05, 4.69) is 51.8 Å². The molecule has 2 aromatic carbocycles. The Balaban J connectivity index is 2.17. The van der Waals surface area contributed by atoms with Gasteiger partial charge in [-0.25, -0.2) is 0 Å². The maximum absolute atomic E-state index is 6.46. The van der Waals surface area contributed by atoms with Crippen LogP contribution < -0.4 is 5.73 Å². The van der Waals surface area contributed by atoms with E-state index in [0.29, 0.717) is 0 Å². The summed E-state index contributed by atoms with van der Waals surface area (Å²) in [7, 11) is 0. The van der Waals surface area contributed by atoms with E-state index >= 15 is 0 Å². The fourth-order valence-corrected chi connectivity index (χ4v) is 3.04. The molecule has 0 amide bonds. The van der Waals surface area contributed by atoms with Gasteiger partial charge >= 0.3 is 0 Å². The van der Waals surface area contributed by atoms with Gasteiger partial charge < -0.3 is 5.73 Å². The van der Waals surface area contributed by atoms with Crippen LogP contribution >= 0.6 is 22.6 Å². The molecule has 1 heterocycles. The molecule has 0 bridgehead atoms. The van der Waals surface area contributed by atoms with Crippen LogP contribution in [0.1, 0.15) is 17.2 Å². The minimum absolute atomic E-state index is 0.112. The van der Waals surface area contributed by atoms with Crippen LogP contribution in [0.15, 0.2) is 60.9 Å². The number of nitrogens with two attached hydrogens (primary N) is 1. The molecule has 0 saturated carbocycles. The smallest absolute Gasteiger partial charge is 0.0568 e. The topological polar surface area (TPSA) is 38.9 Å². The number of nitrogens with zero attached hydrogens (tertiary/aromatic N) is 1. The first-order valence-electron chi connectivity index (χ1n) is 6.10. The highest BCUT2D eigenvalue weighted by molar-refractivity contribution is 14.1. The van der Waals surface area contributed by atoms with Gasteiger partial charge in [0.15, 0.2) is 0 Å². The number of rotatable bonds is 2. The van der Waals surface area contributed by atoms with Gasteiger partial charge in [0.25, 0.3) is 0 Å². The first kappa shape index (κ1) is 12.6. The summed E-state index contributed by atoms with van der Waals surface area (Å²) in [4.78, 5) is 4.16. The molecule has 1 aromatic heterocycles. The first-order valence-corrected chi connectivity index (χ1v) is 7.18. The second-order valence-electron chi connectivity index (χ2n) is 4.44. The highest BCUT2D eigenvalue weighted by atomic mass is 127. The van der Waals surface area contributed by atoms with Crippen molar-refractivity contribution in [1.29, 1.82) is 0 Å². The zero-order valence-electron chi connectivity index (χ0n) is 10.3. The van der Waals surface area contributed by atoms with Gasteiger partial charge in [-0.3, -0.25) is 4.98 Å². The number of hydrogen-bond donors (Lipinski definition) is 1. The van der Waals surface area contributed by atoms with Crippen molar-refractivity contribution in [3.05, 3.63) is 75.6 Å². The first-order chi connectivity index (χ1) is 9.27. The van der Waals surface area contributed by atoms with E-state index in [9.17, 15) is 0 Å². The summed E-state index contributed by atoms with van der Waals surface area (Å²) in [6, 6.07) is 16.4. The molecule has 1 unspecified atom stereocenters. The van der Waals surface area contributed by atoms with Crippen molar-refractivity contribution >= 4 is 33.4 Å². The molecule has 1 atom stereocenters. The van der Waals surface area contributed by atoms with Crippen LogP contribution in [-0.2, 0) is 0 Å². The molecule has 2 N–H and O–H groups in total. The number of hydrogen-bond acceptors (Lipinski definition) is 2. The Morgan fingerprint density at radius 1 is 0.947 bits per heavy atom. The number of benzene rings is 2. The lowest BCUT2D eigenvalue weighted by Crippen LogP contribution is -2.13. The number of fused-ring (bicyclic) bond motifs is 1. The van der Waals surface area contributed by atoms with E-state index in [1.54, 1.807) is 0 Å². The molecule has 3 rings (SSSR count). The molecule has 0 aliphatic heterocycles. The maximum Gasteiger partial charge on any atom is 0.0568 e. The van der Waals surface area contributed by atoms with Crippen molar-refractivity contribution in [1.82, 2.24) is 4.98 Å². The largest absolute Gasteiger partial charge is 0.320 e. The molecular weight excluding hydrogens is 347 g/mol. The Morgan fingerprint density at radius 2 is 1.74 bits per heavy atom. The molecule has 0 spiro atoms. The van der Waals surface area contributed by atoms with E-state index in [0.717, 1.165) is 16.5 Å². The van der Waals surface area contributed by atoms with Gasteiger partial charge in [-0.2, -0.15) is 0 Å². The van der Waals surface area contributed by atoms with Crippen molar-refractivity contribution in [2.24, 2.45) is 5.73 Å². The van der Waals surface area contributed by atoms with E-state index in [-0.39, 0.29) is 6.04 Å². The Morgan fingerprint density at radius 3 is 2.58 bits per heavy atom. The predicted octanol–water partition coefficient (Wildman–Crippen LogP) is 3.89. The molecule has 0 radical (unpaired) electrons. The van der Waals surface area contributed by atoms with Crippen LogP contribution in [0.25, 0.3) is 10.8 Å². The van der Waals surface area contributed by atoms with E-state index in [1.807, 2.05) is 36.7 Å². The second-order valence-corrected chi connectivity index (χ2v) is 5.61. The fourth-order valence-electron chi connectivity index (χ4n) is 2.31. The van der Waals surface area contributed by atoms with Gasteiger partial charge in [0.05, 0.1) is 6.04 Å². The van der Waals surface area contributed by atoms with Crippen LogP contribution in [0.4, 0.5) is 0 Å². The molecule has 0 aliphatic rings. The summed E-state index contributed by atoms with van der Waals surface area (Å²) in [5, 5.41) is 2.30. The summed E-state index contributed by atoms with van der Waals surface area (Å²) in [6.45, 7) is 0. The van der Waals surface area contributed by atoms with E-state index in [4.69, 9.17) is 5.73 Å². The Bertz CT molecular complexity index is 719. The van der Waals surface area contributed by atoms with Crippen LogP contribution in [-0.4, -0.2) is 4.98 Å². The lowest BCUT2D eigenvalue weighted by molar-refractivity contribution is 0.874. The van der Waals surface area contributed by atoms with Gasteiger partial charge in [0.1, 0.15) is 0 Å². The van der Waals surface area contributed by atoms with Gasteiger partial charge in [-0.05, 0) is 51.2 Å². The van der Waals surface area contributed by atoms with Crippen molar-refractivity contribution in [3.63, 3.8) is 0 Å². The predicted molar refractivity (Wildman–Crippen MR) is 86.9 cm³/mol. The Labute approximate surface area is 125 Å². The lowest BCUT2D eigenvalue weighted by Gasteiger charge is -2.16. The molecular formula is C16H13IN2. The monoisotopic (exact) mass is 360 g/mol. The van der Waals surface area contributed by atoms with Crippen molar-refractivity contribution in [2.75, 3.05) is 0 Å². The van der Waals surface area contributed by atoms with Crippen LogP contribution in [0.2, 0.25) is 0 Å². The fraction of sp³-hybridized carbons (Fsp3) is 0.0625. The summed E-state index contributed by atoms with van der Waals surface area (Å²) < 4.78 is 1.19. The van der Waals surface area contributed by atoms with E-state index < -0.39 is 0 Å². The molecule has 0 saturated heterocycles. The SMILES string of the molecule is NC(c1ccccc1I)c1cccc2cnccc12. The minimum atomic E-state index is -0.112. The average Bonchev–Trinajstić information content (AvgIpc) is 2.46. The van der Waals surface area contributed by atoms with Crippen molar-refractivity contribution < 1.29 is 0 Å². The summed E-state index contributed by atoms with van der Waals surface area (Å²) >= 11 is 2.33. The van der Waals surface area contributed by atoms with Crippen LogP contribution in [0.5, 0.6) is 0 Å². The number of halogens is 1. The number of pyridine rings is 1. The average molecular weight is 360 g/mol. The standard InChI is InChI=1S/C16H13IN2/c17-15-7-2-1-5-14(15)16(18)13-6-3-4-11-10-19-9-8-12(11)13/h1-10,16H,18H2. The molecule has 0 aliphatic carbocycles. The highest BCUT2D eigenvalue weighted by Crippen LogP contribution is 2.29. The third kappa shape index (κ3) is 2.35. The van der Waals surface area contributed by atoms with Crippen LogP contribution in [0.3, 0.4) is 0 Å². The second kappa shape index (κ2) is 5.27. The lowest BCUT2D eigenvalue weighted by atomic mass is 9.95. The molecule has 19 heavy (non-hydrogen) atoms. The van der Waals surface area contributed by atoms with Gasteiger partial charge in [-0.15, -0.1) is 0 Å². The molecule has 3 heteroatoms. The summed E-state index contributed by atoms with van der Waals surface area (Å²) in [5.74, 6) is 0. The van der Waals surface area contributed by atoms with Gasteiger partial charge in [0.2, 0.25) is 0 Å². The zero-order chi connectivity index (χ0) is 13.2. The van der Waals surface area contributed by atoms with Gasteiger partial charge in [-0.1, -0.05) is 36.4 Å². The summed E-state index contributed by atoms with van der Waals surface area (Å²) in [5.41, 5.74) is 8.76. The third-order valence-electron chi connectivity index (χ3n) is 3.29. The third-order valence-corrected chi connectivity index (χ3v) is 4.27. The van der Waals surface area contributed by atoms with Crippen molar-refractivity contribution in [3.8, 4) is 0 Å². The maximum atomic E-state index is 6.46. The van der Waals surface area contributed by atoms with Gasteiger partial charge in [0, 0.05) is 21.4 Å². The molecule has 3 aromatic rings. The quantitative estimate of drug-likeness (QED) is 0.705. The Hall–Kier alpha value is -1.46. The normalized spacial score (nSPS) is 12.5. The minimum Gasteiger partial charge on any atom is -0.320 e. The van der Waals surface area contributed by atoms with Crippen LogP contribution in [0, 0.1) is 3.57 Å². The zero-order valence-corrected chi connectivity index (χ0v) is 12.4. The highest BCUT2D eigenvalue weighted by Gasteiger charge is 2.14. The Kier molecular flexibility index (Phi) is 3.48. The molecule has 94 valence electrons.